The number of aryl methyl sites for hydroxylation is 1. The number of rotatable bonds is 7. The molecule has 0 aliphatic carbocycles. The van der Waals surface area contributed by atoms with Crippen LogP contribution < -0.4 is 10.1 Å². The second kappa shape index (κ2) is 7.42. The van der Waals surface area contributed by atoms with Gasteiger partial charge in [-0.2, -0.15) is 5.10 Å². The van der Waals surface area contributed by atoms with E-state index in [4.69, 9.17) is 4.74 Å². The van der Waals surface area contributed by atoms with E-state index in [1.165, 1.54) is 0 Å². The van der Waals surface area contributed by atoms with Crippen LogP contribution in [0.1, 0.15) is 5.56 Å². The highest BCUT2D eigenvalue weighted by atomic mass is 79.9. The van der Waals surface area contributed by atoms with Gasteiger partial charge in [-0.3, -0.25) is 4.68 Å². The van der Waals surface area contributed by atoms with Crippen molar-refractivity contribution in [2.24, 2.45) is 7.05 Å². The summed E-state index contributed by atoms with van der Waals surface area (Å²) in [7, 11) is 1.88. The van der Waals surface area contributed by atoms with Crippen LogP contribution in [0.25, 0.3) is 0 Å². The Hall–Kier alpha value is -1.37. The summed E-state index contributed by atoms with van der Waals surface area (Å²) in [6.07, 6.45) is 3.20. The maximum Gasteiger partial charge on any atom is 0.119 e. The van der Waals surface area contributed by atoms with Crippen molar-refractivity contribution >= 4 is 15.9 Å². The normalized spacial score (nSPS) is 12.3. The summed E-state index contributed by atoms with van der Waals surface area (Å²) in [5, 5.41) is 17.1. The molecule has 0 fully saturated rings. The number of benzene rings is 1. The molecule has 2 aromatic rings. The molecular weight excluding hydrogens is 322 g/mol. The van der Waals surface area contributed by atoms with Gasteiger partial charge in [0.25, 0.3) is 0 Å². The Morgan fingerprint density at radius 1 is 1.40 bits per heavy atom. The fourth-order valence-electron chi connectivity index (χ4n) is 1.73. The summed E-state index contributed by atoms with van der Waals surface area (Å²) in [5.74, 6) is 0.750. The van der Waals surface area contributed by atoms with Gasteiger partial charge in [-0.15, -0.1) is 0 Å². The molecule has 0 saturated heterocycles. The zero-order valence-electron chi connectivity index (χ0n) is 11.3. The Labute approximate surface area is 126 Å². The summed E-state index contributed by atoms with van der Waals surface area (Å²) >= 11 is 3.36. The minimum absolute atomic E-state index is 0.266. The average Bonchev–Trinajstić information content (AvgIpc) is 2.84. The summed E-state index contributed by atoms with van der Waals surface area (Å²) in [6, 6.07) is 7.53. The lowest BCUT2D eigenvalue weighted by Gasteiger charge is -2.13. The van der Waals surface area contributed by atoms with Crippen LogP contribution >= 0.6 is 15.9 Å². The minimum Gasteiger partial charge on any atom is -0.491 e. The average molecular weight is 340 g/mol. The Bertz CT molecular complexity index is 527. The van der Waals surface area contributed by atoms with E-state index in [2.05, 4.69) is 26.3 Å². The summed E-state index contributed by atoms with van der Waals surface area (Å²) in [5.41, 5.74) is 1.09. The van der Waals surface area contributed by atoms with Gasteiger partial charge >= 0.3 is 0 Å². The van der Waals surface area contributed by atoms with Crippen LogP contribution in [-0.2, 0) is 13.6 Å². The van der Waals surface area contributed by atoms with Crippen molar-refractivity contribution in [1.29, 1.82) is 0 Å². The van der Waals surface area contributed by atoms with E-state index in [9.17, 15) is 5.11 Å². The smallest absolute Gasteiger partial charge is 0.119 e. The standard InChI is InChI=1S/C14H18BrN3O2/c1-18-9-11(7-17-18)6-16-8-13(19)10-20-14-4-2-12(15)3-5-14/h2-5,7,9,13,16,19H,6,8,10H2,1H3. The molecular formula is C14H18BrN3O2. The van der Waals surface area contributed by atoms with Crippen LogP contribution in [-0.4, -0.2) is 34.1 Å². The van der Waals surface area contributed by atoms with E-state index in [-0.39, 0.29) is 6.61 Å². The number of nitrogens with zero attached hydrogens (tertiary/aromatic N) is 2. The summed E-state index contributed by atoms with van der Waals surface area (Å²) < 4.78 is 8.26. The second-order valence-electron chi connectivity index (χ2n) is 4.57. The van der Waals surface area contributed by atoms with E-state index in [1.807, 2.05) is 37.5 Å². The molecule has 108 valence electrons. The van der Waals surface area contributed by atoms with Crippen molar-refractivity contribution in [3.63, 3.8) is 0 Å². The van der Waals surface area contributed by atoms with Crippen molar-refractivity contribution < 1.29 is 9.84 Å². The maximum absolute atomic E-state index is 9.83. The quantitative estimate of drug-likeness (QED) is 0.806. The van der Waals surface area contributed by atoms with Crippen molar-refractivity contribution in [3.8, 4) is 5.75 Å². The largest absolute Gasteiger partial charge is 0.491 e. The van der Waals surface area contributed by atoms with Gasteiger partial charge in [0.05, 0.1) is 6.20 Å². The summed E-state index contributed by atoms with van der Waals surface area (Å²) in [4.78, 5) is 0. The Morgan fingerprint density at radius 3 is 2.80 bits per heavy atom. The van der Waals surface area contributed by atoms with Gasteiger partial charge in [0.2, 0.25) is 0 Å². The van der Waals surface area contributed by atoms with Crippen LogP contribution in [0.3, 0.4) is 0 Å². The van der Waals surface area contributed by atoms with Gasteiger partial charge < -0.3 is 15.2 Å². The molecule has 2 rings (SSSR count). The van der Waals surface area contributed by atoms with Crippen LogP contribution in [0.5, 0.6) is 5.75 Å². The number of halogens is 1. The molecule has 1 aromatic carbocycles. The zero-order chi connectivity index (χ0) is 14.4. The molecule has 0 aliphatic heterocycles. The second-order valence-corrected chi connectivity index (χ2v) is 5.49. The molecule has 0 amide bonds. The number of hydrogen-bond acceptors (Lipinski definition) is 4. The maximum atomic E-state index is 9.83. The topological polar surface area (TPSA) is 59.3 Å². The molecule has 1 atom stereocenters. The van der Waals surface area contributed by atoms with Gasteiger partial charge in [-0.1, -0.05) is 15.9 Å². The van der Waals surface area contributed by atoms with Crippen LogP contribution in [0.2, 0.25) is 0 Å². The third kappa shape index (κ3) is 4.96. The number of aliphatic hydroxyl groups is 1. The molecule has 0 bridgehead atoms. The molecule has 0 aliphatic rings. The first kappa shape index (κ1) is 15.0. The molecule has 5 nitrogen and oxygen atoms in total. The molecule has 0 radical (unpaired) electrons. The van der Waals surface area contributed by atoms with Crippen molar-refractivity contribution in [2.75, 3.05) is 13.2 Å². The number of aromatic nitrogens is 2. The lowest BCUT2D eigenvalue weighted by atomic mass is 10.3. The van der Waals surface area contributed by atoms with E-state index < -0.39 is 6.10 Å². The minimum atomic E-state index is -0.546. The fourth-order valence-corrected chi connectivity index (χ4v) is 1.99. The number of ether oxygens (including phenoxy) is 1. The molecule has 6 heteroatoms. The highest BCUT2D eigenvalue weighted by Crippen LogP contribution is 2.16. The van der Waals surface area contributed by atoms with Gasteiger partial charge in [0, 0.05) is 36.4 Å². The molecule has 1 heterocycles. The van der Waals surface area contributed by atoms with Crippen molar-refractivity contribution in [3.05, 3.63) is 46.7 Å². The van der Waals surface area contributed by atoms with E-state index >= 15 is 0 Å². The first-order valence-corrected chi connectivity index (χ1v) is 7.17. The molecule has 2 N–H and O–H groups in total. The van der Waals surface area contributed by atoms with E-state index in [1.54, 1.807) is 10.9 Å². The monoisotopic (exact) mass is 339 g/mol. The Balaban J connectivity index is 1.65. The molecule has 1 aromatic heterocycles. The molecule has 0 spiro atoms. The predicted octanol–water partition coefficient (Wildman–Crippen LogP) is 1.71. The highest BCUT2D eigenvalue weighted by Gasteiger charge is 2.05. The molecule has 0 saturated carbocycles. The van der Waals surface area contributed by atoms with Crippen LogP contribution in [0, 0.1) is 0 Å². The third-order valence-corrected chi connectivity index (χ3v) is 3.25. The molecule has 20 heavy (non-hydrogen) atoms. The van der Waals surface area contributed by atoms with Crippen LogP contribution in [0.15, 0.2) is 41.1 Å². The van der Waals surface area contributed by atoms with Crippen molar-refractivity contribution in [2.45, 2.75) is 12.6 Å². The highest BCUT2D eigenvalue weighted by molar-refractivity contribution is 9.10. The van der Waals surface area contributed by atoms with E-state index in [0.717, 1.165) is 15.8 Å². The SMILES string of the molecule is Cn1cc(CNCC(O)COc2ccc(Br)cc2)cn1. The van der Waals surface area contributed by atoms with E-state index in [0.29, 0.717) is 13.1 Å². The van der Waals surface area contributed by atoms with Crippen LogP contribution in [0.4, 0.5) is 0 Å². The lowest BCUT2D eigenvalue weighted by Crippen LogP contribution is -2.31. The van der Waals surface area contributed by atoms with Gasteiger partial charge in [-0.25, -0.2) is 0 Å². The summed E-state index contributed by atoms with van der Waals surface area (Å²) in [6.45, 7) is 1.43. The number of hydrogen-bond donors (Lipinski definition) is 2. The van der Waals surface area contributed by atoms with Crippen molar-refractivity contribution in [1.82, 2.24) is 15.1 Å². The lowest BCUT2D eigenvalue weighted by molar-refractivity contribution is 0.106. The fraction of sp³-hybridized carbons (Fsp3) is 0.357. The third-order valence-electron chi connectivity index (χ3n) is 2.72. The Kier molecular flexibility index (Phi) is 5.58. The van der Waals surface area contributed by atoms with Gasteiger partial charge in [0.15, 0.2) is 0 Å². The number of aliphatic hydroxyl groups excluding tert-OH is 1. The first-order valence-electron chi connectivity index (χ1n) is 6.38. The molecule has 1 unspecified atom stereocenters. The predicted molar refractivity (Wildman–Crippen MR) is 80.6 cm³/mol. The zero-order valence-corrected chi connectivity index (χ0v) is 12.9. The Morgan fingerprint density at radius 2 is 2.15 bits per heavy atom. The van der Waals surface area contributed by atoms with Gasteiger partial charge in [0.1, 0.15) is 18.5 Å². The van der Waals surface area contributed by atoms with Gasteiger partial charge in [-0.05, 0) is 24.3 Å². The first-order chi connectivity index (χ1) is 9.63. The number of nitrogens with one attached hydrogen (secondary N) is 1.